The predicted molar refractivity (Wildman–Crippen MR) is 47.5 cm³/mol. The number of aldehydes is 1. The average Bonchev–Trinajstić information content (AvgIpc) is 1.97. The molecule has 0 aliphatic rings. The second kappa shape index (κ2) is 9.02. The lowest BCUT2D eigenvalue weighted by atomic mass is 10.2. The van der Waals surface area contributed by atoms with Crippen LogP contribution in [0.4, 0.5) is 0 Å². The van der Waals surface area contributed by atoms with Crippen molar-refractivity contribution < 1.29 is 4.79 Å². The molecule has 0 saturated carbocycles. The summed E-state index contributed by atoms with van der Waals surface area (Å²) in [7, 11) is 0. The molecule has 0 aromatic rings. The summed E-state index contributed by atoms with van der Waals surface area (Å²) in [4.78, 5) is 9.89. The van der Waals surface area contributed by atoms with E-state index in [9.17, 15) is 4.79 Å². The van der Waals surface area contributed by atoms with Gasteiger partial charge in [-0.3, -0.25) is 0 Å². The lowest BCUT2D eigenvalue weighted by molar-refractivity contribution is -0.107. The Morgan fingerprint density at radius 1 is 1.20 bits per heavy atom. The maximum absolute atomic E-state index is 9.89. The topological polar surface area (TPSA) is 17.1 Å². The molecule has 0 amide bonds. The summed E-state index contributed by atoms with van der Waals surface area (Å²) in [6, 6.07) is 0. The van der Waals surface area contributed by atoms with E-state index in [1.54, 1.807) is 0 Å². The third kappa shape index (κ3) is 8.02. The predicted octanol–water partition coefficient (Wildman–Crippen LogP) is 2.50. The third-order valence-corrected chi connectivity index (χ3v) is 2.12. The molecular formula is C8H16OS. The zero-order valence-corrected chi connectivity index (χ0v) is 7.45. The zero-order chi connectivity index (χ0) is 7.66. The van der Waals surface area contributed by atoms with Crippen molar-refractivity contribution in [2.24, 2.45) is 0 Å². The fraction of sp³-hybridized carbons (Fsp3) is 0.875. The molecule has 0 rings (SSSR count). The molecule has 0 aliphatic carbocycles. The zero-order valence-electron chi connectivity index (χ0n) is 6.64. The van der Waals surface area contributed by atoms with Crippen LogP contribution in [-0.2, 0) is 4.79 Å². The van der Waals surface area contributed by atoms with Gasteiger partial charge in [-0.15, -0.1) is 0 Å². The molecule has 0 N–H and O–H groups in total. The van der Waals surface area contributed by atoms with Crippen molar-refractivity contribution >= 4 is 18.0 Å². The lowest BCUT2D eigenvalue weighted by Gasteiger charge is -1.95. The van der Waals surface area contributed by atoms with Crippen LogP contribution in [-0.4, -0.2) is 18.3 Å². The van der Waals surface area contributed by atoms with Gasteiger partial charge in [-0.2, -0.15) is 11.8 Å². The highest BCUT2D eigenvalue weighted by molar-refractivity contribution is 7.98. The monoisotopic (exact) mass is 160 g/mol. The molecule has 0 unspecified atom stereocenters. The number of unbranched alkanes of at least 4 members (excludes halogenated alkanes) is 4. The number of hydrogen-bond donors (Lipinski definition) is 0. The van der Waals surface area contributed by atoms with Crippen LogP contribution >= 0.6 is 11.8 Å². The van der Waals surface area contributed by atoms with E-state index in [0.717, 1.165) is 19.1 Å². The Morgan fingerprint density at radius 2 is 1.90 bits per heavy atom. The second-order valence-electron chi connectivity index (χ2n) is 2.36. The summed E-state index contributed by atoms with van der Waals surface area (Å²) in [5, 5.41) is 0. The van der Waals surface area contributed by atoms with Crippen molar-refractivity contribution in [1.29, 1.82) is 0 Å². The summed E-state index contributed by atoms with van der Waals surface area (Å²) in [5.41, 5.74) is 0. The molecular weight excluding hydrogens is 144 g/mol. The molecule has 0 atom stereocenters. The molecule has 0 radical (unpaired) electrons. The SMILES string of the molecule is CSCCCCCCC=O. The molecule has 1 nitrogen and oxygen atoms in total. The highest BCUT2D eigenvalue weighted by Gasteiger charge is 1.87. The molecule has 0 heterocycles. The van der Waals surface area contributed by atoms with Crippen LogP contribution in [0.25, 0.3) is 0 Å². The van der Waals surface area contributed by atoms with Crippen LogP contribution in [0, 0.1) is 0 Å². The fourth-order valence-electron chi connectivity index (χ4n) is 0.828. The number of thioether (sulfide) groups is 1. The van der Waals surface area contributed by atoms with Gasteiger partial charge in [-0.1, -0.05) is 12.8 Å². The first kappa shape index (κ1) is 10.0. The average molecular weight is 160 g/mol. The molecule has 0 aliphatic heterocycles. The Hall–Kier alpha value is 0.0200. The summed E-state index contributed by atoms with van der Waals surface area (Å²) in [6.07, 6.45) is 8.78. The molecule has 2 heteroatoms. The Bertz CT molecular complexity index is 73.7. The minimum absolute atomic E-state index is 0.749. The highest BCUT2D eigenvalue weighted by atomic mass is 32.2. The molecule has 0 fully saturated rings. The number of carbonyl (C=O) groups is 1. The van der Waals surface area contributed by atoms with Gasteiger partial charge in [0.15, 0.2) is 0 Å². The van der Waals surface area contributed by atoms with E-state index in [4.69, 9.17) is 0 Å². The van der Waals surface area contributed by atoms with Crippen LogP contribution in [0.1, 0.15) is 32.1 Å². The van der Waals surface area contributed by atoms with E-state index < -0.39 is 0 Å². The van der Waals surface area contributed by atoms with Crippen LogP contribution in [0.2, 0.25) is 0 Å². The maximum Gasteiger partial charge on any atom is 0.119 e. The van der Waals surface area contributed by atoms with Gasteiger partial charge in [0, 0.05) is 6.42 Å². The van der Waals surface area contributed by atoms with Gasteiger partial charge in [-0.25, -0.2) is 0 Å². The van der Waals surface area contributed by atoms with Gasteiger partial charge in [-0.05, 0) is 24.9 Å². The number of rotatable bonds is 7. The third-order valence-electron chi connectivity index (χ3n) is 1.42. The van der Waals surface area contributed by atoms with Crippen molar-refractivity contribution in [2.45, 2.75) is 32.1 Å². The minimum atomic E-state index is 0.749. The van der Waals surface area contributed by atoms with Crippen molar-refractivity contribution in [3.63, 3.8) is 0 Å². The van der Waals surface area contributed by atoms with E-state index in [-0.39, 0.29) is 0 Å². The van der Waals surface area contributed by atoms with Gasteiger partial charge in [0.05, 0.1) is 0 Å². The van der Waals surface area contributed by atoms with Crippen LogP contribution in [0.3, 0.4) is 0 Å². The summed E-state index contributed by atoms with van der Waals surface area (Å²) < 4.78 is 0. The van der Waals surface area contributed by atoms with E-state index in [1.807, 2.05) is 11.8 Å². The Morgan fingerprint density at radius 3 is 2.50 bits per heavy atom. The Balaban J connectivity index is 2.70. The van der Waals surface area contributed by atoms with Gasteiger partial charge >= 0.3 is 0 Å². The molecule has 10 heavy (non-hydrogen) atoms. The summed E-state index contributed by atoms with van der Waals surface area (Å²) in [5.74, 6) is 1.26. The second-order valence-corrected chi connectivity index (χ2v) is 3.35. The largest absolute Gasteiger partial charge is 0.303 e. The van der Waals surface area contributed by atoms with Crippen molar-refractivity contribution in [1.82, 2.24) is 0 Å². The van der Waals surface area contributed by atoms with Crippen LogP contribution in [0.15, 0.2) is 0 Å². The smallest absolute Gasteiger partial charge is 0.119 e. The highest BCUT2D eigenvalue weighted by Crippen LogP contribution is 2.05. The Labute approximate surface area is 67.6 Å². The number of carbonyl (C=O) groups excluding carboxylic acids is 1. The standard InChI is InChI=1S/C8H16OS/c1-10-8-6-4-2-3-5-7-9/h7H,2-6,8H2,1H3. The molecule has 0 spiro atoms. The van der Waals surface area contributed by atoms with Crippen molar-refractivity contribution in [2.75, 3.05) is 12.0 Å². The van der Waals surface area contributed by atoms with E-state index in [1.165, 1.54) is 25.0 Å². The van der Waals surface area contributed by atoms with E-state index in [2.05, 4.69) is 6.26 Å². The van der Waals surface area contributed by atoms with Crippen molar-refractivity contribution in [3.8, 4) is 0 Å². The molecule has 0 saturated heterocycles. The normalized spacial score (nSPS) is 9.70. The summed E-state index contributed by atoms with van der Waals surface area (Å²) in [6.45, 7) is 0. The van der Waals surface area contributed by atoms with Gasteiger partial charge in [0.25, 0.3) is 0 Å². The quantitative estimate of drug-likeness (QED) is 0.420. The van der Waals surface area contributed by atoms with E-state index >= 15 is 0 Å². The van der Waals surface area contributed by atoms with Gasteiger partial charge < -0.3 is 4.79 Å². The molecule has 0 bridgehead atoms. The van der Waals surface area contributed by atoms with Gasteiger partial charge in [0.1, 0.15) is 6.29 Å². The first-order valence-corrected chi connectivity index (χ1v) is 5.23. The lowest BCUT2D eigenvalue weighted by Crippen LogP contribution is -1.81. The first-order valence-electron chi connectivity index (χ1n) is 3.84. The molecule has 0 aromatic carbocycles. The fourth-order valence-corrected chi connectivity index (χ4v) is 1.32. The molecule has 60 valence electrons. The maximum atomic E-state index is 9.89. The first-order chi connectivity index (χ1) is 4.91. The minimum Gasteiger partial charge on any atom is -0.303 e. The van der Waals surface area contributed by atoms with E-state index in [0.29, 0.717) is 0 Å². The van der Waals surface area contributed by atoms with Gasteiger partial charge in [0.2, 0.25) is 0 Å². The Kier molecular flexibility index (Phi) is 9.04. The van der Waals surface area contributed by atoms with Crippen LogP contribution in [0.5, 0.6) is 0 Å². The summed E-state index contributed by atoms with van der Waals surface area (Å²) >= 11 is 1.90. The van der Waals surface area contributed by atoms with Crippen molar-refractivity contribution in [3.05, 3.63) is 0 Å². The van der Waals surface area contributed by atoms with Crippen LogP contribution < -0.4 is 0 Å². The number of hydrogen-bond acceptors (Lipinski definition) is 2. The molecule has 0 aromatic heterocycles.